The summed E-state index contributed by atoms with van der Waals surface area (Å²) in [4.78, 5) is 2.48. The molecular formula is C18H35NO2. The number of rotatable bonds is 3. The van der Waals surface area contributed by atoms with Crippen molar-refractivity contribution in [2.45, 2.75) is 90.5 Å². The second-order valence-electron chi connectivity index (χ2n) is 8.94. The lowest BCUT2D eigenvalue weighted by Gasteiger charge is -2.59. The van der Waals surface area contributed by atoms with Crippen LogP contribution in [0.3, 0.4) is 0 Å². The highest BCUT2D eigenvalue weighted by molar-refractivity contribution is 5.03. The van der Waals surface area contributed by atoms with Crippen molar-refractivity contribution in [2.24, 2.45) is 5.41 Å². The first kappa shape index (κ1) is 17.2. The van der Waals surface area contributed by atoms with Crippen molar-refractivity contribution >= 4 is 0 Å². The van der Waals surface area contributed by atoms with Crippen molar-refractivity contribution in [1.82, 2.24) is 4.90 Å². The number of likely N-dealkylation sites (tertiary alicyclic amines) is 1. The van der Waals surface area contributed by atoms with Gasteiger partial charge in [0.15, 0.2) is 5.79 Å². The topological polar surface area (TPSA) is 21.7 Å². The molecule has 3 nitrogen and oxygen atoms in total. The van der Waals surface area contributed by atoms with Crippen LogP contribution < -0.4 is 0 Å². The standard InChI is InChI=1S/C18H35NO2/c1-8-9-10-17(6)13-20-18(21-14-17)11-15(2,3)19(7)16(4,5)12-18/h8-14H2,1-7H3. The molecule has 2 heterocycles. The van der Waals surface area contributed by atoms with Gasteiger partial charge in [-0.3, -0.25) is 4.90 Å². The lowest BCUT2D eigenvalue weighted by Crippen LogP contribution is -2.67. The van der Waals surface area contributed by atoms with E-state index >= 15 is 0 Å². The van der Waals surface area contributed by atoms with Crippen LogP contribution in [-0.2, 0) is 9.47 Å². The van der Waals surface area contributed by atoms with E-state index in [1.54, 1.807) is 0 Å². The Morgan fingerprint density at radius 1 is 0.905 bits per heavy atom. The van der Waals surface area contributed by atoms with Crippen molar-refractivity contribution in [2.75, 3.05) is 20.3 Å². The fourth-order valence-corrected chi connectivity index (χ4v) is 4.08. The van der Waals surface area contributed by atoms with Gasteiger partial charge in [0.25, 0.3) is 0 Å². The molecule has 3 heteroatoms. The Balaban J connectivity index is 2.09. The number of unbranched alkanes of at least 4 members (excludes halogenated alkanes) is 1. The maximum absolute atomic E-state index is 6.39. The number of piperidine rings is 1. The molecular weight excluding hydrogens is 262 g/mol. The average Bonchev–Trinajstić information content (AvgIpc) is 2.38. The molecule has 21 heavy (non-hydrogen) atoms. The zero-order valence-corrected chi connectivity index (χ0v) is 15.2. The first-order valence-corrected chi connectivity index (χ1v) is 8.56. The second kappa shape index (κ2) is 5.50. The summed E-state index contributed by atoms with van der Waals surface area (Å²) in [6.07, 6.45) is 5.60. The molecule has 0 bridgehead atoms. The minimum atomic E-state index is -0.384. The van der Waals surface area contributed by atoms with Crippen molar-refractivity contribution in [3.63, 3.8) is 0 Å². The van der Waals surface area contributed by atoms with Crippen molar-refractivity contribution in [3.8, 4) is 0 Å². The summed E-state index contributed by atoms with van der Waals surface area (Å²) < 4.78 is 12.8. The normalized spacial score (nSPS) is 30.4. The first-order valence-electron chi connectivity index (χ1n) is 8.56. The van der Waals surface area contributed by atoms with Crippen molar-refractivity contribution in [1.29, 1.82) is 0 Å². The predicted octanol–water partition coefficient (Wildman–Crippen LogP) is 4.21. The van der Waals surface area contributed by atoms with E-state index in [-0.39, 0.29) is 22.3 Å². The van der Waals surface area contributed by atoms with Gasteiger partial charge in [-0.25, -0.2) is 0 Å². The highest BCUT2D eigenvalue weighted by Crippen LogP contribution is 2.48. The van der Waals surface area contributed by atoms with E-state index in [1.165, 1.54) is 19.3 Å². The predicted molar refractivity (Wildman–Crippen MR) is 87.4 cm³/mol. The Morgan fingerprint density at radius 2 is 1.38 bits per heavy atom. The van der Waals surface area contributed by atoms with Crippen LogP contribution >= 0.6 is 0 Å². The Bertz CT molecular complexity index is 347. The van der Waals surface area contributed by atoms with Gasteiger partial charge >= 0.3 is 0 Å². The third kappa shape index (κ3) is 3.46. The van der Waals surface area contributed by atoms with E-state index in [0.717, 1.165) is 26.1 Å². The quantitative estimate of drug-likeness (QED) is 0.779. The van der Waals surface area contributed by atoms with Gasteiger partial charge in [0.1, 0.15) is 0 Å². The Kier molecular flexibility index (Phi) is 4.52. The van der Waals surface area contributed by atoms with Crippen molar-refractivity contribution < 1.29 is 9.47 Å². The molecule has 0 radical (unpaired) electrons. The second-order valence-corrected chi connectivity index (χ2v) is 8.94. The van der Waals surface area contributed by atoms with E-state index in [4.69, 9.17) is 9.47 Å². The van der Waals surface area contributed by atoms with Crippen LogP contribution in [0.5, 0.6) is 0 Å². The van der Waals surface area contributed by atoms with Crippen molar-refractivity contribution in [3.05, 3.63) is 0 Å². The Hall–Kier alpha value is -0.120. The van der Waals surface area contributed by atoms with Crippen LogP contribution in [-0.4, -0.2) is 42.0 Å². The van der Waals surface area contributed by atoms with Gasteiger partial charge in [0.05, 0.1) is 13.2 Å². The summed E-state index contributed by atoms with van der Waals surface area (Å²) in [6, 6.07) is 0. The molecule has 2 aliphatic rings. The Labute approximate surface area is 131 Å². The maximum Gasteiger partial charge on any atom is 0.171 e. The third-order valence-electron chi connectivity index (χ3n) is 5.72. The minimum Gasteiger partial charge on any atom is -0.349 e. The van der Waals surface area contributed by atoms with Crippen LogP contribution in [0.1, 0.15) is 73.6 Å². The molecule has 1 spiro atoms. The summed E-state index contributed by atoms with van der Waals surface area (Å²) >= 11 is 0. The minimum absolute atomic E-state index is 0.0961. The molecule has 0 saturated carbocycles. The fourth-order valence-electron chi connectivity index (χ4n) is 4.08. The molecule has 2 rings (SSSR count). The van der Waals surface area contributed by atoms with Gasteiger partial charge in [0, 0.05) is 29.3 Å². The van der Waals surface area contributed by atoms with Gasteiger partial charge in [-0.05, 0) is 41.2 Å². The van der Waals surface area contributed by atoms with E-state index in [9.17, 15) is 0 Å². The SMILES string of the molecule is CCCCC1(C)COC2(CC(C)(C)N(C)C(C)(C)C2)OC1. The molecule has 124 valence electrons. The number of hydrogen-bond donors (Lipinski definition) is 0. The lowest BCUT2D eigenvalue weighted by atomic mass is 9.75. The van der Waals surface area contributed by atoms with E-state index in [1.807, 2.05) is 0 Å². The number of hydrogen-bond acceptors (Lipinski definition) is 3. The van der Waals surface area contributed by atoms with Gasteiger partial charge < -0.3 is 9.47 Å². The molecule has 0 amide bonds. The van der Waals surface area contributed by atoms with Crippen LogP contribution in [0.2, 0.25) is 0 Å². The Morgan fingerprint density at radius 3 is 1.81 bits per heavy atom. The summed E-state index contributed by atoms with van der Waals surface area (Å²) in [7, 11) is 2.22. The molecule has 0 unspecified atom stereocenters. The third-order valence-corrected chi connectivity index (χ3v) is 5.72. The van der Waals surface area contributed by atoms with E-state index in [0.29, 0.717) is 0 Å². The van der Waals surface area contributed by atoms with Crippen LogP contribution in [0.4, 0.5) is 0 Å². The summed E-state index contributed by atoms with van der Waals surface area (Å²) in [5.41, 5.74) is 0.386. The number of ether oxygens (including phenoxy) is 2. The largest absolute Gasteiger partial charge is 0.349 e. The number of nitrogens with zero attached hydrogens (tertiary/aromatic N) is 1. The lowest BCUT2D eigenvalue weighted by molar-refractivity contribution is -0.339. The van der Waals surface area contributed by atoms with Gasteiger partial charge in [-0.1, -0.05) is 26.7 Å². The maximum atomic E-state index is 6.39. The van der Waals surface area contributed by atoms with Gasteiger partial charge in [-0.15, -0.1) is 0 Å². The molecule has 0 aromatic carbocycles. The fraction of sp³-hybridized carbons (Fsp3) is 1.00. The smallest absolute Gasteiger partial charge is 0.171 e. The monoisotopic (exact) mass is 297 g/mol. The zero-order chi connectivity index (χ0) is 15.9. The highest BCUT2D eigenvalue weighted by Gasteiger charge is 2.54. The molecule has 0 aromatic rings. The first-order chi connectivity index (χ1) is 9.54. The molecule has 0 aromatic heterocycles. The molecule has 0 N–H and O–H groups in total. The van der Waals surface area contributed by atoms with Crippen LogP contribution in [0, 0.1) is 5.41 Å². The summed E-state index contributed by atoms with van der Waals surface area (Å²) in [5.74, 6) is -0.384. The highest BCUT2D eigenvalue weighted by atomic mass is 16.7. The summed E-state index contributed by atoms with van der Waals surface area (Å²) in [5, 5.41) is 0. The zero-order valence-electron chi connectivity index (χ0n) is 15.2. The molecule has 2 aliphatic heterocycles. The molecule has 0 atom stereocenters. The average molecular weight is 297 g/mol. The van der Waals surface area contributed by atoms with E-state index < -0.39 is 0 Å². The van der Waals surface area contributed by atoms with E-state index in [2.05, 4.69) is 53.5 Å². The van der Waals surface area contributed by atoms with Gasteiger partial charge in [0.2, 0.25) is 0 Å². The van der Waals surface area contributed by atoms with Crippen LogP contribution in [0.15, 0.2) is 0 Å². The molecule has 2 saturated heterocycles. The van der Waals surface area contributed by atoms with Gasteiger partial charge in [-0.2, -0.15) is 0 Å². The molecule has 2 fully saturated rings. The molecule has 0 aliphatic carbocycles. The van der Waals surface area contributed by atoms with Crippen LogP contribution in [0.25, 0.3) is 0 Å². The summed E-state index contributed by atoms with van der Waals surface area (Å²) in [6.45, 7) is 15.4.